The maximum Gasteiger partial charge on any atom is 0.347 e. The largest absolute Gasteiger partial charge is 0.347 e. The lowest BCUT2D eigenvalue weighted by Crippen LogP contribution is -2.45. The van der Waals surface area contributed by atoms with Gasteiger partial charge < -0.3 is 0 Å². The Hall–Kier alpha value is -1.64. The van der Waals surface area contributed by atoms with Gasteiger partial charge in [-0.25, -0.2) is 8.78 Å². The van der Waals surface area contributed by atoms with E-state index in [-0.39, 0.29) is 32.2 Å². The van der Waals surface area contributed by atoms with E-state index in [0.717, 1.165) is 11.1 Å². The summed E-state index contributed by atoms with van der Waals surface area (Å²) in [5.41, 5.74) is 1.39. The van der Waals surface area contributed by atoms with Crippen LogP contribution in [-0.2, 0) is 17.2 Å². The molecule has 1 aromatic carbocycles. The number of rotatable bonds is 7. The molecule has 2 atom stereocenters. The Morgan fingerprint density at radius 3 is 2.43 bits per heavy atom. The highest BCUT2D eigenvalue weighted by Gasteiger charge is 2.55. The van der Waals surface area contributed by atoms with Crippen LogP contribution in [0.1, 0.15) is 36.5 Å². The molecule has 168 valence electrons. The van der Waals surface area contributed by atoms with Crippen LogP contribution in [0, 0.1) is 19.8 Å². The summed E-state index contributed by atoms with van der Waals surface area (Å²) in [7, 11) is -1.86. The van der Waals surface area contributed by atoms with Gasteiger partial charge in [-0.05, 0) is 55.9 Å². The summed E-state index contributed by atoms with van der Waals surface area (Å²) < 4.78 is 92.2. The molecule has 1 aliphatic heterocycles. The summed E-state index contributed by atoms with van der Waals surface area (Å²) in [4.78, 5) is 4.13. The molecular weight excluding hydrogens is 428 g/mol. The summed E-state index contributed by atoms with van der Waals surface area (Å²) in [6.45, 7) is 3.59. The van der Waals surface area contributed by atoms with Crippen LogP contribution in [0.25, 0.3) is 0 Å². The van der Waals surface area contributed by atoms with Gasteiger partial charge in [0.15, 0.2) is 0 Å². The van der Waals surface area contributed by atoms with Crippen LogP contribution in [-0.4, -0.2) is 40.5 Å². The first-order valence-electron chi connectivity index (χ1n) is 9.55. The number of nitrogens with zero attached hydrogens (tertiary/aromatic N) is 1. The molecule has 1 aliphatic rings. The zero-order valence-electron chi connectivity index (χ0n) is 17.0. The summed E-state index contributed by atoms with van der Waals surface area (Å²) in [6.07, 6.45) is 1.03. The molecule has 0 radical (unpaired) electrons. The Morgan fingerprint density at radius 1 is 1.17 bits per heavy atom. The van der Waals surface area contributed by atoms with Gasteiger partial charge >= 0.3 is 11.8 Å². The minimum absolute atomic E-state index is 0.0969. The van der Waals surface area contributed by atoms with E-state index in [4.69, 9.17) is 0 Å². The number of hydrogen-bond donors (Lipinski definition) is 0. The quantitative estimate of drug-likeness (QED) is 0.372. The van der Waals surface area contributed by atoms with Crippen LogP contribution in [0.15, 0.2) is 34.2 Å². The van der Waals surface area contributed by atoms with Crippen LogP contribution < -0.4 is 0 Å². The Morgan fingerprint density at radius 2 is 1.83 bits per heavy atom. The summed E-state index contributed by atoms with van der Waals surface area (Å²) in [5.74, 6) is -9.62. The second kappa shape index (κ2) is 9.66. The molecule has 2 rings (SSSR count). The van der Waals surface area contributed by atoms with Gasteiger partial charge in [-0.1, -0.05) is 18.2 Å². The lowest BCUT2D eigenvalue weighted by Gasteiger charge is -2.26. The standard InChI is InChI=1S/C21H25F6NOS/c1-13-8-14(2)17(30(29)12-19(22)23)10-16(13)9-15-6-4-5-7-18(28-11-15)21(26,27)20(3,24)25/h4,6,8,10,15,19H,5,7,9,11-12H2,1-3H3. The van der Waals surface area contributed by atoms with Crippen molar-refractivity contribution in [3.8, 4) is 0 Å². The van der Waals surface area contributed by atoms with E-state index in [1.165, 1.54) is 0 Å². The summed E-state index contributed by atoms with van der Waals surface area (Å²) >= 11 is 0. The maximum atomic E-state index is 14.0. The van der Waals surface area contributed by atoms with Crippen LogP contribution >= 0.6 is 0 Å². The molecule has 0 fully saturated rings. The van der Waals surface area contributed by atoms with Gasteiger partial charge in [-0.3, -0.25) is 9.20 Å². The molecule has 0 N–H and O–H groups in total. The molecule has 0 aromatic heterocycles. The van der Waals surface area contributed by atoms with Gasteiger partial charge in [0.2, 0.25) is 6.43 Å². The van der Waals surface area contributed by atoms with Crippen molar-refractivity contribution in [3.05, 3.63) is 41.0 Å². The number of alkyl halides is 6. The normalized spacial score (nSPS) is 19.4. The van der Waals surface area contributed by atoms with E-state index in [1.807, 2.05) is 6.92 Å². The molecule has 1 heterocycles. The average Bonchev–Trinajstić information content (AvgIpc) is 2.57. The van der Waals surface area contributed by atoms with Crippen molar-refractivity contribution in [2.45, 2.75) is 63.2 Å². The fraction of sp³-hybridized carbons (Fsp3) is 0.571. The van der Waals surface area contributed by atoms with Crippen molar-refractivity contribution in [1.82, 2.24) is 0 Å². The Balaban J connectivity index is 2.27. The average molecular weight is 453 g/mol. The van der Waals surface area contributed by atoms with Gasteiger partial charge in [0.05, 0.1) is 22.3 Å². The molecule has 0 aliphatic carbocycles. The molecule has 9 heteroatoms. The molecular formula is C21H25F6NOS. The van der Waals surface area contributed by atoms with Crippen LogP contribution in [0.4, 0.5) is 26.3 Å². The Labute approximate surface area is 174 Å². The fourth-order valence-corrected chi connectivity index (χ4v) is 4.44. The third-order valence-electron chi connectivity index (χ3n) is 5.02. The smallest absolute Gasteiger partial charge is 0.287 e. The predicted octanol–water partition coefficient (Wildman–Crippen LogP) is 5.92. The predicted molar refractivity (Wildman–Crippen MR) is 107 cm³/mol. The van der Waals surface area contributed by atoms with E-state index in [9.17, 15) is 30.6 Å². The summed E-state index contributed by atoms with van der Waals surface area (Å²) in [5, 5.41) is 0. The molecule has 0 saturated carbocycles. The van der Waals surface area contributed by atoms with Crippen molar-refractivity contribution in [2.75, 3.05) is 12.3 Å². The molecule has 30 heavy (non-hydrogen) atoms. The van der Waals surface area contributed by atoms with Crippen molar-refractivity contribution < 1.29 is 30.6 Å². The van der Waals surface area contributed by atoms with Gasteiger partial charge in [-0.15, -0.1) is 0 Å². The molecule has 0 spiro atoms. The molecule has 0 amide bonds. The van der Waals surface area contributed by atoms with Gasteiger partial charge in [-0.2, -0.15) is 17.6 Å². The Kier molecular flexibility index (Phi) is 7.93. The molecule has 0 bridgehead atoms. The monoisotopic (exact) mass is 453 g/mol. The number of aryl methyl sites for hydroxylation is 2. The third-order valence-corrected chi connectivity index (χ3v) is 6.51. The first kappa shape index (κ1) is 24.6. The summed E-state index contributed by atoms with van der Waals surface area (Å²) in [6, 6.07) is 3.36. The van der Waals surface area contributed by atoms with Gasteiger partial charge in [0.1, 0.15) is 0 Å². The van der Waals surface area contributed by atoms with Crippen LogP contribution in [0.3, 0.4) is 0 Å². The molecule has 2 nitrogen and oxygen atoms in total. The second-order valence-electron chi connectivity index (χ2n) is 7.63. The first-order chi connectivity index (χ1) is 13.8. The zero-order chi connectivity index (χ0) is 22.7. The SMILES string of the molecule is Cc1cc(C)c(S(=O)CC(F)F)cc1CC1C=CCCC(C(F)(F)C(C)(F)F)=NC1. The highest BCUT2D eigenvalue weighted by atomic mass is 32.2. The number of allylic oxidation sites excluding steroid dienone is 1. The lowest BCUT2D eigenvalue weighted by atomic mass is 9.93. The number of hydrogen-bond acceptors (Lipinski definition) is 2. The second-order valence-corrected chi connectivity index (χ2v) is 9.09. The number of halogens is 6. The van der Waals surface area contributed by atoms with E-state index < -0.39 is 40.5 Å². The van der Waals surface area contributed by atoms with Crippen molar-refractivity contribution in [1.29, 1.82) is 0 Å². The van der Waals surface area contributed by atoms with E-state index >= 15 is 0 Å². The van der Waals surface area contributed by atoms with E-state index in [2.05, 4.69) is 4.99 Å². The highest BCUT2D eigenvalue weighted by molar-refractivity contribution is 7.85. The van der Waals surface area contributed by atoms with Gasteiger partial charge in [0, 0.05) is 24.3 Å². The minimum Gasteiger partial charge on any atom is -0.287 e. The lowest BCUT2D eigenvalue weighted by molar-refractivity contribution is -0.154. The Bertz CT molecular complexity index is 845. The minimum atomic E-state index is -4.32. The molecule has 0 saturated heterocycles. The van der Waals surface area contributed by atoms with Gasteiger partial charge in [0.25, 0.3) is 0 Å². The fourth-order valence-electron chi connectivity index (χ4n) is 3.34. The van der Waals surface area contributed by atoms with E-state index in [1.54, 1.807) is 31.2 Å². The van der Waals surface area contributed by atoms with Crippen molar-refractivity contribution >= 4 is 16.5 Å². The zero-order valence-corrected chi connectivity index (χ0v) is 17.8. The van der Waals surface area contributed by atoms with Crippen molar-refractivity contribution in [2.24, 2.45) is 10.9 Å². The maximum absolute atomic E-state index is 14.0. The van der Waals surface area contributed by atoms with Crippen LogP contribution in [0.5, 0.6) is 0 Å². The van der Waals surface area contributed by atoms with Crippen molar-refractivity contribution in [3.63, 3.8) is 0 Å². The number of benzene rings is 1. The van der Waals surface area contributed by atoms with E-state index in [0.29, 0.717) is 16.9 Å². The number of aliphatic imine (C=N–C) groups is 1. The molecule has 2 unspecified atom stereocenters. The highest BCUT2D eigenvalue weighted by Crippen LogP contribution is 2.37. The third kappa shape index (κ3) is 5.95. The topological polar surface area (TPSA) is 29.4 Å². The van der Waals surface area contributed by atoms with Crippen LogP contribution in [0.2, 0.25) is 0 Å². The first-order valence-corrected chi connectivity index (χ1v) is 10.9. The molecule has 1 aromatic rings.